The summed E-state index contributed by atoms with van der Waals surface area (Å²) in [5, 5.41) is 0. The van der Waals surface area contributed by atoms with E-state index in [2.05, 4.69) is 0 Å². The molecule has 0 radical (unpaired) electrons. The molecule has 0 fully saturated rings. The van der Waals surface area contributed by atoms with Crippen LogP contribution in [-0.2, 0) is 11.2 Å². The number of fused-ring (bicyclic) bond motifs is 1. The molecule has 1 aromatic rings. The van der Waals surface area contributed by atoms with Crippen molar-refractivity contribution >= 4 is 11.7 Å². The molecule has 1 aliphatic carbocycles. The molecule has 2 rings (SSSR count). The van der Waals surface area contributed by atoms with Crippen LogP contribution in [0.1, 0.15) is 22.3 Å². The van der Waals surface area contributed by atoms with E-state index < -0.39 is 0 Å². The first-order valence-electron chi connectivity index (χ1n) is 5.94. The largest absolute Gasteiger partial charge is 0.496 e. The lowest BCUT2D eigenvalue weighted by molar-refractivity contribution is -0.133. The Morgan fingerprint density at radius 2 is 2.06 bits per heavy atom. The molecule has 4 heteroatoms. The first-order valence-corrected chi connectivity index (χ1v) is 5.94. The van der Waals surface area contributed by atoms with Gasteiger partial charge in [0, 0.05) is 37.6 Å². The monoisotopic (exact) mass is 247 g/mol. The van der Waals surface area contributed by atoms with Gasteiger partial charge in [-0.05, 0) is 12.5 Å². The topological polar surface area (TPSA) is 46.6 Å². The number of carbonyl (C=O) groups is 2. The minimum Gasteiger partial charge on any atom is -0.496 e. The number of amides is 1. The van der Waals surface area contributed by atoms with Gasteiger partial charge in [0.05, 0.1) is 7.11 Å². The van der Waals surface area contributed by atoms with Gasteiger partial charge in [-0.25, -0.2) is 0 Å². The molecule has 0 N–H and O–H groups in total. The molecule has 1 aliphatic rings. The lowest BCUT2D eigenvalue weighted by atomic mass is 9.82. The molecule has 0 aliphatic heterocycles. The van der Waals surface area contributed by atoms with E-state index in [-0.39, 0.29) is 24.0 Å². The molecule has 0 saturated heterocycles. The lowest BCUT2D eigenvalue weighted by Crippen LogP contribution is -2.35. The Kier molecular flexibility index (Phi) is 3.36. The number of ketones is 1. The fourth-order valence-corrected chi connectivity index (χ4v) is 2.42. The van der Waals surface area contributed by atoms with Crippen molar-refractivity contribution in [3.8, 4) is 5.75 Å². The second-order valence-corrected chi connectivity index (χ2v) is 4.75. The van der Waals surface area contributed by atoms with Crippen LogP contribution in [0.25, 0.3) is 0 Å². The average Bonchev–Trinajstić information content (AvgIpc) is 2.37. The summed E-state index contributed by atoms with van der Waals surface area (Å²) in [6.07, 6.45) is 0.860. The Morgan fingerprint density at radius 3 is 2.67 bits per heavy atom. The Balaban J connectivity index is 2.38. The van der Waals surface area contributed by atoms with E-state index in [1.807, 2.05) is 12.1 Å². The van der Waals surface area contributed by atoms with E-state index in [4.69, 9.17) is 4.74 Å². The van der Waals surface area contributed by atoms with Crippen LogP contribution in [0, 0.1) is 5.92 Å². The molecule has 0 heterocycles. The zero-order valence-corrected chi connectivity index (χ0v) is 10.9. The molecule has 18 heavy (non-hydrogen) atoms. The van der Waals surface area contributed by atoms with Gasteiger partial charge in [0.1, 0.15) is 5.75 Å². The third-order valence-electron chi connectivity index (χ3n) is 3.33. The summed E-state index contributed by atoms with van der Waals surface area (Å²) in [7, 11) is 5.01. The fraction of sp³-hybridized carbons (Fsp3) is 0.429. The predicted octanol–water partition coefficient (Wildman–Crippen LogP) is 1.53. The van der Waals surface area contributed by atoms with Crippen LogP contribution in [0.2, 0.25) is 0 Å². The normalized spacial score (nSPS) is 18.2. The molecule has 1 amide bonds. The number of methoxy groups -OCH3 is 1. The lowest BCUT2D eigenvalue weighted by Gasteiger charge is -2.26. The number of hydrogen-bond acceptors (Lipinski definition) is 3. The van der Waals surface area contributed by atoms with Gasteiger partial charge in [0.15, 0.2) is 5.78 Å². The Bertz CT molecular complexity index is 494. The smallest absolute Gasteiger partial charge is 0.225 e. The van der Waals surface area contributed by atoms with Crippen molar-refractivity contribution in [2.24, 2.45) is 5.92 Å². The molecule has 0 aromatic heterocycles. The molecule has 1 unspecified atom stereocenters. The molecule has 1 aromatic carbocycles. The zero-order valence-electron chi connectivity index (χ0n) is 10.9. The van der Waals surface area contributed by atoms with E-state index in [0.717, 1.165) is 5.56 Å². The van der Waals surface area contributed by atoms with Crippen LogP contribution in [0.5, 0.6) is 5.75 Å². The molecule has 0 bridgehead atoms. The van der Waals surface area contributed by atoms with E-state index in [0.29, 0.717) is 17.7 Å². The maximum atomic E-state index is 12.1. The third kappa shape index (κ3) is 2.10. The van der Waals surface area contributed by atoms with Crippen LogP contribution < -0.4 is 4.74 Å². The van der Waals surface area contributed by atoms with E-state index in [9.17, 15) is 9.59 Å². The number of nitrogens with zero attached hydrogens (tertiary/aromatic N) is 1. The van der Waals surface area contributed by atoms with Crippen molar-refractivity contribution in [2.75, 3.05) is 21.2 Å². The second-order valence-electron chi connectivity index (χ2n) is 4.75. The summed E-state index contributed by atoms with van der Waals surface area (Å²) in [4.78, 5) is 25.6. The molecule has 96 valence electrons. The van der Waals surface area contributed by atoms with Gasteiger partial charge in [-0.15, -0.1) is 0 Å². The number of carbonyl (C=O) groups excluding carboxylic acids is 2. The van der Waals surface area contributed by atoms with Crippen molar-refractivity contribution in [3.63, 3.8) is 0 Å². The highest BCUT2D eigenvalue weighted by Crippen LogP contribution is 2.32. The van der Waals surface area contributed by atoms with Crippen molar-refractivity contribution in [3.05, 3.63) is 29.3 Å². The highest BCUT2D eigenvalue weighted by atomic mass is 16.5. The van der Waals surface area contributed by atoms with Gasteiger partial charge in [0.2, 0.25) is 5.91 Å². The number of benzene rings is 1. The minimum atomic E-state index is -0.267. The maximum absolute atomic E-state index is 12.1. The van der Waals surface area contributed by atoms with Crippen LogP contribution >= 0.6 is 0 Å². The molecular weight excluding hydrogens is 230 g/mol. The summed E-state index contributed by atoms with van der Waals surface area (Å²) in [5.74, 6) is 0.448. The van der Waals surface area contributed by atoms with Crippen molar-refractivity contribution in [1.29, 1.82) is 0 Å². The highest BCUT2D eigenvalue weighted by molar-refractivity contribution is 6.02. The molecule has 4 nitrogen and oxygen atoms in total. The van der Waals surface area contributed by atoms with E-state index in [1.54, 1.807) is 32.2 Å². The van der Waals surface area contributed by atoms with Crippen LogP contribution in [0.3, 0.4) is 0 Å². The predicted molar refractivity (Wildman–Crippen MR) is 67.8 cm³/mol. The standard InChI is InChI=1S/C14H17NO3/c1-15(2)14(17)9-7-11-10(12(16)8-9)5-4-6-13(11)18-3/h4-6,9H,7-8H2,1-3H3. The van der Waals surface area contributed by atoms with Gasteiger partial charge in [-0.1, -0.05) is 12.1 Å². The summed E-state index contributed by atoms with van der Waals surface area (Å²) >= 11 is 0. The van der Waals surface area contributed by atoms with Gasteiger partial charge >= 0.3 is 0 Å². The van der Waals surface area contributed by atoms with Crippen molar-refractivity contribution < 1.29 is 14.3 Å². The number of rotatable bonds is 2. The summed E-state index contributed by atoms with van der Waals surface area (Å²) in [6.45, 7) is 0. The first-order chi connectivity index (χ1) is 8.54. The quantitative estimate of drug-likeness (QED) is 0.796. The molecular formula is C14H17NO3. The number of Topliss-reactive ketones (excluding diaryl/α,β-unsaturated/α-hetero) is 1. The average molecular weight is 247 g/mol. The van der Waals surface area contributed by atoms with E-state index >= 15 is 0 Å². The van der Waals surface area contributed by atoms with Crippen molar-refractivity contribution in [2.45, 2.75) is 12.8 Å². The molecule has 1 atom stereocenters. The Labute approximate surface area is 107 Å². The first kappa shape index (κ1) is 12.6. The second kappa shape index (κ2) is 4.80. The molecule has 0 saturated carbocycles. The van der Waals surface area contributed by atoms with Crippen LogP contribution in [0.15, 0.2) is 18.2 Å². The number of hydrogen-bond donors (Lipinski definition) is 0. The number of ether oxygens (including phenoxy) is 1. The van der Waals surface area contributed by atoms with Crippen LogP contribution in [-0.4, -0.2) is 37.8 Å². The SMILES string of the molecule is COc1cccc2c1CC(C(=O)N(C)C)CC2=O. The molecule has 0 spiro atoms. The highest BCUT2D eigenvalue weighted by Gasteiger charge is 2.32. The van der Waals surface area contributed by atoms with Gasteiger partial charge in [-0.3, -0.25) is 9.59 Å². The summed E-state index contributed by atoms with van der Waals surface area (Å²) in [5.41, 5.74) is 1.55. The Morgan fingerprint density at radius 1 is 1.33 bits per heavy atom. The Hall–Kier alpha value is -1.84. The summed E-state index contributed by atoms with van der Waals surface area (Å²) in [6, 6.07) is 5.44. The third-order valence-corrected chi connectivity index (χ3v) is 3.33. The van der Waals surface area contributed by atoms with Gasteiger partial charge in [-0.2, -0.15) is 0 Å². The summed E-state index contributed by atoms with van der Waals surface area (Å²) < 4.78 is 5.27. The minimum absolute atomic E-state index is 0.0000869. The van der Waals surface area contributed by atoms with Crippen molar-refractivity contribution in [1.82, 2.24) is 4.90 Å². The fourth-order valence-electron chi connectivity index (χ4n) is 2.42. The van der Waals surface area contributed by atoms with Crippen LogP contribution in [0.4, 0.5) is 0 Å². The van der Waals surface area contributed by atoms with E-state index in [1.165, 1.54) is 0 Å². The maximum Gasteiger partial charge on any atom is 0.225 e. The van der Waals surface area contributed by atoms with Gasteiger partial charge < -0.3 is 9.64 Å². The van der Waals surface area contributed by atoms with Gasteiger partial charge in [0.25, 0.3) is 0 Å². The zero-order chi connectivity index (χ0) is 13.3.